The SMILES string of the molecule is NCCc1ccc(N2CCN3CCCC3C2)cc1Cl. The minimum absolute atomic E-state index is 0.653. The van der Waals surface area contributed by atoms with E-state index < -0.39 is 0 Å². The van der Waals surface area contributed by atoms with Crippen molar-refractivity contribution in [2.45, 2.75) is 25.3 Å². The van der Waals surface area contributed by atoms with Crippen molar-refractivity contribution in [3.8, 4) is 0 Å². The summed E-state index contributed by atoms with van der Waals surface area (Å²) in [7, 11) is 0. The summed E-state index contributed by atoms with van der Waals surface area (Å²) in [6, 6.07) is 7.18. The van der Waals surface area contributed by atoms with Crippen molar-refractivity contribution < 1.29 is 0 Å². The van der Waals surface area contributed by atoms with Gasteiger partial charge in [0.15, 0.2) is 0 Å². The first-order valence-electron chi connectivity index (χ1n) is 7.25. The van der Waals surface area contributed by atoms with Crippen molar-refractivity contribution in [1.29, 1.82) is 0 Å². The van der Waals surface area contributed by atoms with Crippen molar-refractivity contribution in [1.82, 2.24) is 4.90 Å². The van der Waals surface area contributed by atoms with Gasteiger partial charge < -0.3 is 10.6 Å². The molecule has 1 atom stereocenters. The Balaban J connectivity index is 1.73. The molecule has 0 spiro atoms. The lowest BCUT2D eigenvalue weighted by atomic mass is 10.1. The Bertz CT molecular complexity index is 449. The molecule has 2 aliphatic rings. The Labute approximate surface area is 120 Å². The number of halogens is 1. The summed E-state index contributed by atoms with van der Waals surface area (Å²) in [5.41, 5.74) is 8.02. The predicted molar refractivity (Wildman–Crippen MR) is 81.0 cm³/mol. The van der Waals surface area contributed by atoms with E-state index in [0.717, 1.165) is 36.1 Å². The molecular formula is C15H22ClN3. The fourth-order valence-electron chi connectivity index (χ4n) is 3.32. The van der Waals surface area contributed by atoms with Gasteiger partial charge in [-0.05, 0) is 50.0 Å². The van der Waals surface area contributed by atoms with Crippen LogP contribution >= 0.6 is 11.6 Å². The summed E-state index contributed by atoms with van der Waals surface area (Å²) in [5, 5.41) is 0.858. The molecule has 1 unspecified atom stereocenters. The highest BCUT2D eigenvalue weighted by molar-refractivity contribution is 6.31. The van der Waals surface area contributed by atoms with E-state index in [2.05, 4.69) is 28.0 Å². The molecule has 0 saturated carbocycles. The van der Waals surface area contributed by atoms with Crippen LogP contribution in [-0.4, -0.2) is 43.7 Å². The summed E-state index contributed by atoms with van der Waals surface area (Å²) >= 11 is 6.35. The third kappa shape index (κ3) is 2.73. The Morgan fingerprint density at radius 2 is 2.16 bits per heavy atom. The third-order valence-electron chi connectivity index (χ3n) is 4.40. The molecule has 3 rings (SSSR count). The average molecular weight is 280 g/mol. The monoisotopic (exact) mass is 279 g/mol. The number of benzene rings is 1. The van der Waals surface area contributed by atoms with Crippen LogP contribution in [0.2, 0.25) is 5.02 Å². The molecular weight excluding hydrogens is 258 g/mol. The van der Waals surface area contributed by atoms with Crippen molar-refractivity contribution in [2.75, 3.05) is 37.6 Å². The van der Waals surface area contributed by atoms with E-state index in [1.165, 1.54) is 31.6 Å². The number of nitrogens with zero attached hydrogens (tertiary/aromatic N) is 2. The number of fused-ring (bicyclic) bond motifs is 1. The van der Waals surface area contributed by atoms with Crippen molar-refractivity contribution in [3.63, 3.8) is 0 Å². The Hall–Kier alpha value is -0.770. The highest BCUT2D eigenvalue weighted by atomic mass is 35.5. The van der Waals surface area contributed by atoms with Gasteiger partial charge in [0.2, 0.25) is 0 Å². The molecule has 2 aliphatic heterocycles. The molecule has 19 heavy (non-hydrogen) atoms. The standard InChI is InChI=1S/C15H22ClN3/c16-15-10-13(4-3-12(15)5-6-17)19-9-8-18-7-1-2-14(18)11-19/h3-4,10,14H,1-2,5-9,11,17H2. The molecule has 0 amide bonds. The van der Waals surface area contributed by atoms with Crippen LogP contribution in [0, 0.1) is 0 Å². The molecule has 2 saturated heterocycles. The Kier molecular flexibility index (Phi) is 3.96. The second-order valence-electron chi connectivity index (χ2n) is 5.59. The van der Waals surface area contributed by atoms with Gasteiger partial charge in [0.25, 0.3) is 0 Å². The molecule has 0 aliphatic carbocycles. The van der Waals surface area contributed by atoms with Gasteiger partial charge >= 0.3 is 0 Å². The Morgan fingerprint density at radius 3 is 2.95 bits per heavy atom. The van der Waals surface area contributed by atoms with Crippen LogP contribution < -0.4 is 10.6 Å². The molecule has 1 aromatic carbocycles. The summed E-state index contributed by atoms with van der Waals surface area (Å²) < 4.78 is 0. The van der Waals surface area contributed by atoms with Crippen molar-refractivity contribution in [3.05, 3.63) is 28.8 Å². The zero-order valence-electron chi connectivity index (χ0n) is 11.3. The van der Waals surface area contributed by atoms with E-state index in [1.54, 1.807) is 0 Å². The van der Waals surface area contributed by atoms with Crippen LogP contribution in [0.1, 0.15) is 18.4 Å². The van der Waals surface area contributed by atoms with Gasteiger partial charge in [0.05, 0.1) is 0 Å². The predicted octanol–water partition coefficient (Wildman–Crippen LogP) is 2.13. The zero-order valence-corrected chi connectivity index (χ0v) is 12.1. The van der Waals surface area contributed by atoms with Gasteiger partial charge in [-0.15, -0.1) is 0 Å². The minimum atomic E-state index is 0.653. The highest BCUT2D eigenvalue weighted by Crippen LogP contribution is 2.28. The van der Waals surface area contributed by atoms with Crippen LogP contribution in [0.3, 0.4) is 0 Å². The zero-order chi connectivity index (χ0) is 13.2. The van der Waals surface area contributed by atoms with Crippen LogP contribution in [-0.2, 0) is 6.42 Å². The van der Waals surface area contributed by atoms with E-state index in [-0.39, 0.29) is 0 Å². The first kappa shape index (κ1) is 13.2. The summed E-state index contributed by atoms with van der Waals surface area (Å²) in [6.45, 7) is 5.39. The van der Waals surface area contributed by atoms with Crippen LogP contribution in [0.5, 0.6) is 0 Å². The van der Waals surface area contributed by atoms with Gasteiger partial charge in [-0.1, -0.05) is 17.7 Å². The first-order valence-corrected chi connectivity index (χ1v) is 7.63. The van der Waals surface area contributed by atoms with Crippen LogP contribution in [0.15, 0.2) is 18.2 Å². The lowest BCUT2D eigenvalue weighted by Crippen LogP contribution is -2.50. The number of anilines is 1. The number of nitrogens with two attached hydrogens (primary N) is 1. The Morgan fingerprint density at radius 1 is 1.26 bits per heavy atom. The number of hydrogen-bond donors (Lipinski definition) is 1. The maximum Gasteiger partial charge on any atom is 0.0459 e. The maximum absolute atomic E-state index is 6.35. The van der Waals surface area contributed by atoms with Crippen molar-refractivity contribution >= 4 is 17.3 Å². The lowest BCUT2D eigenvalue weighted by molar-refractivity contribution is 0.231. The molecule has 3 nitrogen and oxygen atoms in total. The second kappa shape index (κ2) is 5.70. The molecule has 0 radical (unpaired) electrons. The van der Waals surface area contributed by atoms with Crippen molar-refractivity contribution in [2.24, 2.45) is 5.73 Å². The quantitative estimate of drug-likeness (QED) is 0.920. The van der Waals surface area contributed by atoms with E-state index in [1.807, 2.05) is 0 Å². The van der Waals surface area contributed by atoms with E-state index >= 15 is 0 Å². The smallest absolute Gasteiger partial charge is 0.0459 e. The van der Waals surface area contributed by atoms with E-state index in [4.69, 9.17) is 17.3 Å². The van der Waals surface area contributed by atoms with Crippen LogP contribution in [0.25, 0.3) is 0 Å². The van der Waals surface area contributed by atoms with Gasteiger partial charge in [0, 0.05) is 36.4 Å². The largest absolute Gasteiger partial charge is 0.369 e. The van der Waals surface area contributed by atoms with Gasteiger partial charge in [0.1, 0.15) is 0 Å². The average Bonchev–Trinajstić information content (AvgIpc) is 2.88. The fourth-order valence-corrected chi connectivity index (χ4v) is 3.59. The van der Waals surface area contributed by atoms with Gasteiger partial charge in [-0.3, -0.25) is 4.90 Å². The molecule has 2 heterocycles. The molecule has 2 fully saturated rings. The molecule has 4 heteroatoms. The van der Waals surface area contributed by atoms with Crippen LogP contribution in [0.4, 0.5) is 5.69 Å². The van der Waals surface area contributed by atoms with Gasteiger partial charge in [-0.25, -0.2) is 0 Å². The number of rotatable bonds is 3. The van der Waals surface area contributed by atoms with Gasteiger partial charge in [-0.2, -0.15) is 0 Å². The second-order valence-corrected chi connectivity index (χ2v) is 6.00. The molecule has 104 valence electrons. The fraction of sp³-hybridized carbons (Fsp3) is 0.600. The molecule has 1 aromatic rings. The molecule has 0 bridgehead atoms. The highest BCUT2D eigenvalue weighted by Gasteiger charge is 2.30. The number of piperazine rings is 1. The van der Waals surface area contributed by atoms with E-state index in [0.29, 0.717) is 6.54 Å². The summed E-state index contributed by atoms with van der Waals surface area (Å²) in [5.74, 6) is 0. The first-order chi connectivity index (χ1) is 9.28. The normalized spacial score (nSPS) is 23.7. The topological polar surface area (TPSA) is 32.5 Å². The maximum atomic E-state index is 6.35. The van der Waals surface area contributed by atoms with E-state index in [9.17, 15) is 0 Å². The third-order valence-corrected chi connectivity index (χ3v) is 4.75. The molecule has 0 aromatic heterocycles. The summed E-state index contributed by atoms with van der Waals surface area (Å²) in [4.78, 5) is 5.10. The minimum Gasteiger partial charge on any atom is -0.369 e. The molecule has 2 N–H and O–H groups in total. The summed E-state index contributed by atoms with van der Waals surface area (Å²) in [6.07, 6.45) is 3.56. The number of hydrogen-bond acceptors (Lipinski definition) is 3. The lowest BCUT2D eigenvalue weighted by Gasteiger charge is -2.39.